The van der Waals surface area contributed by atoms with E-state index in [1.54, 1.807) is 31.5 Å². The van der Waals surface area contributed by atoms with Gasteiger partial charge in [-0.05, 0) is 31.5 Å². The molecule has 0 bridgehead atoms. The predicted molar refractivity (Wildman–Crippen MR) is 138 cm³/mol. The number of hydrogen-bond acceptors (Lipinski definition) is 10. The molecule has 0 amide bonds. The molecular weight excluding hydrogens is 537 g/mol. The van der Waals surface area contributed by atoms with Gasteiger partial charge in [-0.25, -0.2) is 15.0 Å². The maximum atomic E-state index is 12.7. The molecule has 1 unspecified atom stereocenters. The Kier molecular flexibility index (Phi) is 7.68. The minimum Gasteiger partial charge on any atom is -0.335 e. The molecule has 176 valence electrons. The van der Waals surface area contributed by atoms with E-state index in [-0.39, 0.29) is 11.5 Å². The molecule has 1 aromatic carbocycles. The van der Waals surface area contributed by atoms with Crippen molar-refractivity contribution in [1.82, 2.24) is 14.9 Å². The lowest BCUT2D eigenvalue weighted by Crippen LogP contribution is -2.38. The molecule has 13 heteroatoms. The summed E-state index contributed by atoms with van der Waals surface area (Å²) in [4.78, 5) is 40.4. The molecule has 0 radical (unpaired) electrons. The first kappa shape index (κ1) is 24.8. The van der Waals surface area contributed by atoms with Crippen molar-refractivity contribution in [2.24, 2.45) is 4.99 Å². The number of halogens is 2. The normalized spacial score (nSPS) is 16.1. The molecule has 0 saturated carbocycles. The molecule has 8 nitrogen and oxygen atoms in total. The second kappa shape index (κ2) is 10.5. The van der Waals surface area contributed by atoms with Gasteiger partial charge in [-0.2, -0.15) is 0 Å². The number of non-ortho nitro benzene ring substituents is 1. The van der Waals surface area contributed by atoms with Crippen molar-refractivity contribution in [3.05, 3.63) is 82.3 Å². The molecule has 2 aromatic heterocycles. The smallest absolute Gasteiger partial charge is 0.269 e. The van der Waals surface area contributed by atoms with Gasteiger partial charge in [-0.3, -0.25) is 14.9 Å². The van der Waals surface area contributed by atoms with Crippen LogP contribution in [0.4, 0.5) is 5.69 Å². The summed E-state index contributed by atoms with van der Waals surface area (Å²) in [5.74, 6) is 0.481. The number of amidine groups is 1. The topological polar surface area (TPSA) is 102 Å². The van der Waals surface area contributed by atoms with Gasteiger partial charge >= 0.3 is 0 Å². The van der Waals surface area contributed by atoms with Crippen LogP contribution in [0.15, 0.2) is 52.9 Å². The van der Waals surface area contributed by atoms with E-state index in [0.717, 1.165) is 15.3 Å². The Morgan fingerprint density at radius 2 is 1.76 bits per heavy atom. The third-order valence-electron chi connectivity index (χ3n) is 5.00. The summed E-state index contributed by atoms with van der Waals surface area (Å²) in [7, 11) is 0. The second-order valence-electron chi connectivity index (χ2n) is 7.28. The number of allylic oxidation sites excluding steroid dienone is 1. The Balaban J connectivity index is 1.77. The number of carbonyl (C=O) groups excluding carboxylic acids is 1. The quantitative estimate of drug-likeness (QED) is 0.242. The third-order valence-corrected chi connectivity index (χ3v) is 8.44. The predicted octanol–water partition coefficient (Wildman–Crippen LogP) is 6.52. The first-order chi connectivity index (χ1) is 16.2. The van der Waals surface area contributed by atoms with E-state index in [2.05, 4.69) is 9.97 Å². The molecule has 4 rings (SSSR count). The van der Waals surface area contributed by atoms with E-state index in [0.29, 0.717) is 37.7 Å². The number of rotatable bonds is 7. The number of aromatic nitrogens is 2. The van der Waals surface area contributed by atoms with Crippen LogP contribution < -0.4 is 0 Å². The van der Waals surface area contributed by atoms with Crippen LogP contribution in [0, 0.1) is 10.1 Å². The minimum absolute atomic E-state index is 0.0178. The van der Waals surface area contributed by atoms with Gasteiger partial charge in [0.25, 0.3) is 5.69 Å². The van der Waals surface area contributed by atoms with Crippen LogP contribution in [-0.4, -0.2) is 30.7 Å². The zero-order valence-corrected chi connectivity index (χ0v) is 21.9. The Labute approximate surface area is 217 Å². The number of benzene rings is 1. The number of carbonyl (C=O) groups is 1. The van der Waals surface area contributed by atoms with Gasteiger partial charge in [-0.1, -0.05) is 35.0 Å². The maximum absolute atomic E-state index is 12.7. The van der Waals surface area contributed by atoms with Gasteiger partial charge in [0.05, 0.1) is 17.5 Å². The van der Waals surface area contributed by atoms with Crippen LogP contribution in [-0.2, 0) is 17.1 Å². The summed E-state index contributed by atoms with van der Waals surface area (Å²) in [5.41, 5.74) is 1.88. The number of thioether (sulfide) groups is 1. The zero-order chi connectivity index (χ0) is 24.4. The summed E-state index contributed by atoms with van der Waals surface area (Å²) in [5, 5.41) is 11.9. The second-order valence-corrected chi connectivity index (χ2v) is 11.6. The standard InChI is InChI=1S/C21H17Cl2N5O3S3/c1-11-17(12(2)29)18(13-3-5-14(6-4-13)28(30)31)27(9-15-7-24-19(22)33-15)21(26-11)32-10-16-8-25-20(23)34-16/h3-8,18H,9-10H2,1-2H3. The molecule has 34 heavy (non-hydrogen) atoms. The number of Topliss-reactive ketones (excluding diaryl/α,β-unsaturated/α-hetero) is 1. The highest BCUT2D eigenvalue weighted by molar-refractivity contribution is 8.13. The van der Waals surface area contributed by atoms with Gasteiger partial charge < -0.3 is 4.90 Å². The molecule has 0 fully saturated rings. The molecular formula is C21H17Cl2N5O3S3. The van der Waals surface area contributed by atoms with Gasteiger partial charge in [0.15, 0.2) is 19.9 Å². The van der Waals surface area contributed by atoms with Crippen LogP contribution in [0.1, 0.15) is 35.2 Å². The van der Waals surface area contributed by atoms with E-state index >= 15 is 0 Å². The van der Waals surface area contributed by atoms with E-state index in [1.807, 2.05) is 4.90 Å². The molecule has 3 heterocycles. The third kappa shape index (κ3) is 5.49. The summed E-state index contributed by atoms with van der Waals surface area (Å²) in [6.45, 7) is 3.72. The van der Waals surface area contributed by atoms with Crippen LogP contribution in [0.2, 0.25) is 8.93 Å². The van der Waals surface area contributed by atoms with Crippen LogP contribution in [0.3, 0.4) is 0 Å². The molecule has 1 atom stereocenters. The van der Waals surface area contributed by atoms with E-state index in [9.17, 15) is 14.9 Å². The van der Waals surface area contributed by atoms with Gasteiger partial charge in [0.1, 0.15) is 0 Å². The number of nitrogens with zero attached hydrogens (tertiary/aromatic N) is 5. The summed E-state index contributed by atoms with van der Waals surface area (Å²) < 4.78 is 0.888. The lowest BCUT2D eigenvalue weighted by atomic mass is 9.92. The lowest BCUT2D eigenvalue weighted by Gasteiger charge is -2.38. The van der Waals surface area contributed by atoms with Crippen molar-refractivity contribution in [3.8, 4) is 0 Å². The SMILES string of the molecule is CC(=O)C1=C(C)N=C(SCc2cnc(Cl)s2)N(Cc2cnc(Cl)s2)C1c1ccc([N+](=O)[O-])cc1. The minimum atomic E-state index is -0.482. The van der Waals surface area contributed by atoms with Crippen LogP contribution >= 0.6 is 57.6 Å². The molecule has 1 aliphatic rings. The fourth-order valence-electron chi connectivity index (χ4n) is 3.59. The number of nitro benzene ring substituents is 1. The van der Waals surface area contributed by atoms with E-state index in [4.69, 9.17) is 28.2 Å². The van der Waals surface area contributed by atoms with Crippen LogP contribution in [0.5, 0.6) is 0 Å². The van der Waals surface area contributed by atoms with E-state index < -0.39 is 11.0 Å². The monoisotopic (exact) mass is 553 g/mol. The van der Waals surface area contributed by atoms with Crippen molar-refractivity contribution in [3.63, 3.8) is 0 Å². The molecule has 3 aromatic rings. The van der Waals surface area contributed by atoms with Gasteiger partial charge in [0.2, 0.25) is 0 Å². The summed E-state index contributed by atoms with van der Waals surface area (Å²) >= 11 is 16.3. The van der Waals surface area contributed by atoms with Crippen molar-refractivity contribution in [2.45, 2.75) is 32.2 Å². The number of ketones is 1. The summed E-state index contributed by atoms with van der Waals surface area (Å²) in [6.07, 6.45) is 3.43. The Morgan fingerprint density at radius 1 is 1.15 bits per heavy atom. The Morgan fingerprint density at radius 3 is 2.29 bits per heavy atom. The summed E-state index contributed by atoms with van der Waals surface area (Å²) in [6, 6.07) is 5.78. The molecule has 0 N–H and O–H groups in total. The largest absolute Gasteiger partial charge is 0.335 e. The fraction of sp³-hybridized carbons (Fsp3) is 0.238. The van der Waals surface area contributed by atoms with Crippen molar-refractivity contribution < 1.29 is 9.72 Å². The van der Waals surface area contributed by atoms with Crippen molar-refractivity contribution in [1.29, 1.82) is 0 Å². The van der Waals surface area contributed by atoms with Crippen molar-refractivity contribution in [2.75, 3.05) is 0 Å². The zero-order valence-electron chi connectivity index (χ0n) is 17.9. The van der Waals surface area contributed by atoms with Gasteiger partial charge in [0, 0.05) is 51.3 Å². The molecule has 0 saturated heterocycles. The highest BCUT2D eigenvalue weighted by Gasteiger charge is 2.35. The van der Waals surface area contributed by atoms with Crippen molar-refractivity contribution >= 4 is 74.3 Å². The van der Waals surface area contributed by atoms with Crippen LogP contribution in [0.25, 0.3) is 0 Å². The van der Waals surface area contributed by atoms with E-state index in [1.165, 1.54) is 53.5 Å². The molecule has 1 aliphatic heterocycles. The number of aliphatic imine (C=N–C) groups is 1. The first-order valence-corrected chi connectivity index (χ1v) is 13.2. The number of thiazole rings is 2. The average molecular weight is 555 g/mol. The molecule has 0 spiro atoms. The Bertz CT molecular complexity index is 1300. The Hall–Kier alpha value is -2.31. The number of nitro groups is 1. The first-order valence-electron chi connectivity index (χ1n) is 9.87. The van der Waals surface area contributed by atoms with Gasteiger partial charge in [-0.15, -0.1) is 22.7 Å². The number of hydrogen-bond donors (Lipinski definition) is 0. The highest BCUT2D eigenvalue weighted by atomic mass is 35.5. The fourth-order valence-corrected chi connectivity index (χ4v) is 6.63. The molecule has 0 aliphatic carbocycles. The average Bonchev–Trinajstić information content (AvgIpc) is 3.40. The highest BCUT2D eigenvalue weighted by Crippen LogP contribution is 2.40. The maximum Gasteiger partial charge on any atom is 0.269 e. The lowest BCUT2D eigenvalue weighted by molar-refractivity contribution is -0.384.